The van der Waals surface area contributed by atoms with Gasteiger partial charge >= 0.3 is 5.97 Å². The van der Waals surface area contributed by atoms with Crippen LogP contribution in [0.4, 0.5) is 0 Å². The standard InChI is InChI=1S/C39H36I2O7/c1-22-11-24(13-32(40)35(22)46-17-26-15-44-26)39(25-12-23(2)36(33(41)14-25)47-18-27-16-45-27)30-9-5-4-7-28(30)34-29(8-6-10-31(34)39)37(42)48-21-38(3)19-43-20-38/h4-14,26-27H,15-21H2,1-3H3. The second-order valence-corrected chi connectivity index (χ2v) is 16.0. The molecule has 2 atom stereocenters. The summed E-state index contributed by atoms with van der Waals surface area (Å²) in [6.45, 7) is 10.4. The van der Waals surface area contributed by atoms with Crippen LogP contribution in [0.3, 0.4) is 0 Å². The van der Waals surface area contributed by atoms with E-state index >= 15 is 0 Å². The Morgan fingerprint density at radius 2 is 1.38 bits per heavy atom. The summed E-state index contributed by atoms with van der Waals surface area (Å²) in [5.74, 6) is 1.43. The van der Waals surface area contributed by atoms with E-state index in [-0.39, 0.29) is 23.6 Å². The molecule has 2 unspecified atom stereocenters. The van der Waals surface area contributed by atoms with Crippen LogP contribution >= 0.6 is 45.2 Å². The van der Waals surface area contributed by atoms with Gasteiger partial charge in [0.1, 0.15) is 43.5 Å². The maximum absolute atomic E-state index is 13.9. The summed E-state index contributed by atoms with van der Waals surface area (Å²) >= 11 is 4.79. The molecule has 7 nitrogen and oxygen atoms in total. The fourth-order valence-electron chi connectivity index (χ4n) is 7.08. The lowest BCUT2D eigenvalue weighted by atomic mass is 9.67. The Balaban J connectivity index is 1.32. The van der Waals surface area contributed by atoms with Gasteiger partial charge in [-0.25, -0.2) is 4.79 Å². The zero-order chi connectivity index (χ0) is 33.2. The largest absolute Gasteiger partial charge is 0.489 e. The maximum atomic E-state index is 13.9. The lowest BCUT2D eigenvalue weighted by Gasteiger charge is -2.37. The first-order valence-electron chi connectivity index (χ1n) is 16.3. The molecule has 8 rings (SSSR count). The predicted octanol–water partition coefficient (Wildman–Crippen LogP) is 7.62. The monoisotopic (exact) mass is 870 g/mol. The maximum Gasteiger partial charge on any atom is 0.338 e. The smallest absolute Gasteiger partial charge is 0.338 e. The third-order valence-electron chi connectivity index (χ3n) is 9.70. The van der Waals surface area contributed by atoms with Crippen molar-refractivity contribution in [2.45, 2.75) is 38.4 Å². The number of rotatable bonds is 11. The first-order valence-corrected chi connectivity index (χ1v) is 18.4. The highest BCUT2D eigenvalue weighted by Crippen LogP contribution is 2.58. The van der Waals surface area contributed by atoms with Crippen LogP contribution in [0.2, 0.25) is 0 Å². The van der Waals surface area contributed by atoms with E-state index in [0.717, 1.165) is 76.4 Å². The molecule has 3 saturated heterocycles. The summed E-state index contributed by atoms with van der Waals surface area (Å²) in [5, 5.41) is 0. The molecular weight excluding hydrogens is 834 g/mol. The molecule has 0 saturated carbocycles. The van der Waals surface area contributed by atoms with Crippen molar-refractivity contribution < 1.29 is 33.2 Å². The van der Waals surface area contributed by atoms with E-state index < -0.39 is 5.41 Å². The first kappa shape index (κ1) is 32.5. The summed E-state index contributed by atoms with van der Waals surface area (Å²) in [7, 11) is 0. The number of carbonyl (C=O) groups excluding carboxylic acids is 1. The summed E-state index contributed by atoms with van der Waals surface area (Å²) in [6.07, 6.45) is 0.323. The van der Waals surface area contributed by atoms with E-state index in [4.69, 9.17) is 28.4 Å². The van der Waals surface area contributed by atoms with Crippen LogP contribution in [0.25, 0.3) is 11.1 Å². The summed E-state index contributed by atoms with van der Waals surface area (Å²) < 4.78 is 36.9. The lowest BCUT2D eigenvalue weighted by Crippen LogP contribution is -2.44. The van der Waals surface area contributed by atoms with Crippen LogP contribution < -0.4 is 9.47 Å². The highest BCUT2D eigenvalue weighted by molar-refractivity contribution is 14.1. The SMILES string of the molecule is Cc1cc(C2(c3cc(C)c(OCC4CO4)c(I)c3)c3ccccc3-c3c(C(=O)OCC4(C)COC4)cccc32)cc(I)c1OCC1CO1. The van der Waals surface area contributed by atoms with Crippen molar-refractivity contribution in [2.24, 2.45) is 5.41 Å². The number of fused-ring (bicyclic) bond motifs is 3. The summed E-state index contributed by atoms with van der Waals surface area (Å²) in [6, 6.07) is 23.5. The van der Waals surface area contributed by atoms with Crippen molar-refractivity contribution in [3.8, 4) is 22.6 Å². The number of hydrogen-bond acceptors (Lipinski definition) is 7. The topological polar surface area (TPSA) is 79.1 Å². The average Bonchev–Trinajstić information content (AvgIpc) is 4.00. The zero-order valence-corrected chi connectivity index (χ0v) is 31.4. The van der Waals surface area contributed by atoms with E-state index in [2.05, 4.69) is 114 Å². The Hall–Kier alpha value is -2.71. The Morgan fingerprint density at radius 3 is 1.90 bits per heavy atom. The van der Waals surface area contributed by atoms with Gasteiger partial charge in [0, 0.05) is 11.0 Å². The van der Waals surface area contributed by atoms with Gasteiger partial charge in [0.2, 0.25) is 0 Å². The molecule has 48 heavy (non-hydrogen) atoms. The zero-order valence-electron chi connectivity index (χ0n) is 27.1. The number of hydrogen-bond donors (Lipinski definition) is 0. The van der Waals surface area contributed by atoms with E-state index in [1.165, 1.54) is 0 Å². The van der Waals surface area contributed by atoms with E-state index in [0.29, 0.717) is 38.6 Å². The fraction of sp³-hybridized carbons (Fsp3) is 0.359. The van der Waals surface area contributed by atoms with Crippen molar-refractivity contribution in [1.82, 2.24) is 0 Å². The molecule has 248 valence electrons. The average molecular weight is 871 g/mol. The van der Waals surface area contributed by atoms with Gasteiger partial charge in [-0.3, -0.25) is 0 Å². The third-order valence-corrected chi connectivity index (χ3v) is 11.3. The molecule has 3 heterocycles. The molecule has 9 heteroatoms. The van der Waals surface area contributed by atoms with Crippen LogP contribution in [-0.4, -0.2) is 64.4 Å². The Bertz CT molecular complexity index is 1810. The van der Waals surface area contributed by atoms with Crippen molar-refractivity contribution in [3.63, 3.8) is 0 Å². The highest BCUT2D eigenvalue weighted by Gasteiger charge is 2.48. The molecule has 3 fully saturated rings. The molecule has 3 aliphatic heterocycles. The van der Waals surface area contributed by atoms with Gasteiger partial charge in [0.15, 0.2) is 0 Å². The minimum absolute atomic E-state index is 0.150. The fourth-order valence-corrected chi connectivity index (χ4v) is 8.91. The molecular formula is C39H36I2O7. The predicted molar refractivity (Wildman–Crippen MR) is 198 cm³/mol. The normalized spacial score (nSPS) is 22.7. The van der Waals surface area contributed by atoms with Gasteiger partial charge in [0.25, 0.3) is 0 Å². The molecule has 4 aromatic carbocycles. The number of benzene rings is 4. The quantitative estimate of drug-likeness (QED) is 0.0769. The Labute approximate surface area is 307 Å². The molecule has 1 aliphatic carbocycles. The van der Waals surface area contributed by atoms with Crippen molar-refractivity contribution in [2.75, 3.05) is 46.2 Å². The number of halogens is 2. The summed E-state index contributed by atoms with van der Waals surface area (Å²) in [4.78, 5) is 13.9. The third kappa shape index (κ3) is 5.73. The number of aryl methyl sites for hydroxylation is 2. The van der Waals surface area contributed by atoms with Gasteiger partial charge in [-0.05, 0) is 116 Å². The number of ether oxygens (including phenoxy) is 6. The molecule has 0 bridgehead atoms. The highest BCUT2D eigenvalue weighted by atomic mass is 127. The Kier molecular flexibility index (Phi) is 8.50. The van der Waals surface area contributed by atoms with Crippen molar-refractivity contribution in [1.29, 1.82) is 0 Å². The van der Waals surface area contributed by atoms with E-state index in [9.17, 15) is 4.79 Å². The van der Waals surface area contributed by atoms with Crippen LogP contribution in [0.5, 0.6) is 11.5 Å². The molecule has 0 radical (unpaired) electrons. The van der Waals surface area contributed by atoms with Crippen molar-refractivity contribution in [3.05, 3.63) is 113 Å². The molecule has 0 N–H and O–H groups in total. The van der Waals surface area contributed by atoms with Gasteiger partial charge in [0.05, 0.1) is 44.5 Å². The molecule has 0 aromatic heterocycles. The number of epoxide rings is 2. The van der Waals surface area contributed by atoms with Crippen LogP contribution in [0, 0.1) is 26.4 Å². The second kappa shape index (κ2) is 12.6. The number of carbonyl (C=O) groups is 1. The second-order valence-electron chi connectivity index (χ2n) is 13.6. The van der Waals surface area contributed by atoms with Gasteiger partial charge in [-0.2, -0.15) is 0 Å². The molecule has 0 spiro atoms. The van der Waals surface area contributed by atoms with Crippen LogP contribution in [-0.2, 0) is 24.4 Å². The van der Waals surface area contributed by atoms with Gasteiger partial charge in [-0.15, -0.1) is 0 Å². The molecule has 4 aliphatic rings. The minimum atomic E-state index is -0.734. The minimum Gasteiger partial charge on any atom is -0.489 e. The van der Waals surface area contributed by atoms with E-state index in [1.54, 1.807) is 0 Å². The van der Waals surface area contributed by atoms with Crippen molar-refractivity contribution >= 4 is 51.2 Å². The van der Waals surface area contributed by atoms with E-state index in [1.807, 2.05) is 18.2 Å². The number of esters is 1. The molecule has 0 amide bonds. The van der Waals surface area contributed by atoms with Gasteiger partial charge in [-0.1, -0.05) is 55.5 Å². The van der Waals surface area contributed by atoms with Gasteiger partial charge < -0.3 is 28.4 Å². The van der Waals surface area contributed by atoms with Crippen LogP contribution in [0.1, 0.15) is 50.7 Å². The molecule has 4 aromatic rings. The first-order chi connectivity index (χ1) is 23.2. The lowest BCUT2D eigenvalue weighted by molar-refractivity contribution is -0.127. The Morgan fingerprint density at radius 1 is 0.812 bits per heavy atom. The van der Waals surface area contributed by atoms with Crippen LogP contribution in [0.15, 0.2) is 66.7 Å². The summed E-state index contributed by atoms with van der Waals surface area (Å²) in [5.41, 5.74) is 8.07.